The van der Waals surface area contributed by atoms with E-state index < -0.39 is 11.6 Å². The summed E-state index contributed by atoms with van der Waals surface area (Å²) in [6.07, 6.45) is 1.69. The molecule has 0 fully saturated rings. The van der Waals surface area contributed by atoms with Gasteiger partial charge in [0.05, 0.1) is 11.9 Å². The molecule has 7 heteroatoms. The highest BCUT2D eigenvalue weighted by Crippen LogP contribution is 2.24. The number of nitrogens with zero attached hydrogens (tertiary/aromatic N) is 2. The van der Waals surface area contributed by atoms with Crippen molar-refractivity contribution in [1.29, 1.82) is 0 Å². The molecule has 4 nitrogen and oxygen atoms in total. The summed E-state index contributed by atoms with van der Waals surface area (Å²) in [4.78, 5) is 4.51. The molecule has 0 bridgehead atoms. The summed E-state index contributed by atoms with van der Waals surface area (Å²) >= 11 is 1.48. The predicted molar refractivity (Wildman–Crippen MR) is 116 cm³/mol. The molecular weight excluding hydrogens is 404 g/mol. The van der Waals surface area contributed by atoms with Gasteiger partial charge in [0.25, 0.3) is 0 Å². The van der Waals surface area contributed by atoms with Crippen LogP contribution in [0, 0.1) is 11.6 Å². The van der Waals surface area contributed by atoms with E-state index in [1.165, 1.54) is 17.4 Å². The molecule has 1 N–H and O–H groups in total. The zero-order valence-corrected chi connectivity index (χ0v) is 16.6. The topological polar surface area (TPSA) is 46.5 Å². The van der Waals surface area contributed by atoms with Crippen LogP contribution in [0.15, 0.2) is 83.3 Å². The van der Waals surface area contributed by atoms with Crippen molar-refractivity contribution in [3.05, 3.63) is 101 Å². The largest absolute Gasteiger partial charge is 0.486 e. The smallest absolute Gasteiger partial charge is 0.203 e. The summed E-state index contributed by atoms with van der Waals surface area (Å²) in [5.74, 6) is -1.34. The molecule has 0 atom stereocenters. The van der Waals surface area contributed by atoms with Crippen molar-refractivity contribution in [3.63, 3.8) is 0 Å². The lowest BCUT2D eigenvalue weighted by atomic mass is 10.1. The van der Waals surface area contributed by atoms with Gasteiger partial charge in [-0.15, -0.1) is 11.3 Å². The minimum absolute atomic E-state index is 0.0181. The van der Waals surface area contributed by atoms with Crippen molar-refractivity contribution in [3.8, 4) is 17.0 Å². The fourth-order valence-electron chi connectivity index (χ4n) is 2.68. The van der Waals surface area contributed by atoms with Crippen LogP contribution in [0.1, 0.15) is 11.1 Å². The molecule has 150 valence electrons. The number of halogens is 2. The predicted octanol–water partition coefficient (Wildman–Crippen LogP) is 6.11. The molecule has 0 aliphatic heterocycles. The molecular formula is C23H17F2N3OS. The Morgan fingerprint density at radius 2 is 1.80 bits per heavy atom. The van der Waals surface area contributed by atoms with E-state index in [-0.39, 0.29) is 12.4 Å². The fourth-order valence-corrected chi connectivity index (χ4v) is 3.35. The van der Waals surface area contributed by atoms with E-state index >= 15 is 0 Å². The van der Waals surface area contributed by atoms with Gasteiger partial charge in [0.2, 0.25) is 5.13 Å². The number of hydrazone groups is 1. The van der Waals surface area contributed by atoms with E-state index in [0.29, 0.717) is 5.13 Å². The molecule has 0 spiro atoms. The van der Waals surface area contributed by atoms with Crippen molar-refractivity contribution in [1.82, 2.24) is 4.98 Å². The van der Waals surface area contributed by atoms with Gasteiger partial charge >= 0.3 is 0 Å². The molecule has 4 rings (SSSR count). The Labute approximate surface area is 176 Å². The number of rotatable bonds is 7. The van der Waals surface area contributed by atoms with Crippen LogP contribution < -0.4 is 10.2 Å². The van der Waals surface area contributed by atoms with E-state index in [9.17, 15) is 8.78 Å². The molecule has 0 aliphatic carbocycles. The molecule has 4 aromatic rings. The maximum absolute atomic E-state index is 13.6. The first-order valence-corrected chi connectivity index (χ1v) is 10.0. The van der Waals surface area contributed by atoms with E-state index in [0.717, 1.165) is 34.5 Å². The SMILES string of the molecule is Fc1ccc(OCc2ccc(C=NNc3nc(-c4ccccc4)cs3)cc2)c(F)c1. The van der Waals surface area contributed by atoms with Gasteiger partial charge in [0.1, 0.15) is 12.4 Å². The van der Waals surface area contributed by atoms with Gasteiger partial charge in [-0.05, 0) is 23.3 Å². The Morgan fingerprint density at radius 1 is 1.00 bits per heavy atom. The van der Waals surface area contributed by atoms with Crippen LogP contribution in [0.3, 0.4) is 0 Å². The first-order chi connectivity index (χ1) is 14.7. The normalized spacial score (nSPS) is 11.0. The van der Waals surface area contributed by atoms with Gasteiger partial charge in [-0.25, -0.2) is 13.8 Å². The Bertz CT molecular complexity index is 1140. The Morgan fingerprint density at radius 3 is 2.57 bits per heavy atom. The number of thiazole rings is 1. The third-order valence-electron chi connectivity index (χ3n) is 4.22. The van der Waals surface area contributed by atoms with Crippen LogP contribution in [0.5, 0.6) is 5.75 Å². The second-order valence-corrected chi connectivity index (χ2v) is 7.24. The lowest BCUT2D eigenvalue weighted by Gasteiger charge is -2.07. The maximum Gasteiger partial charge on any atom is 0.203 e. The second kappa shape index (κ2) is 9.28. The lowest BCUT2D eigenvalue weighted by molar-refractivity contribution is 0.289. The van der Waals surface area contributed by atoms with E-state index in [1.807, 2.05) is 60.0 Å². The quantitative estimate of drug-likeness (QED) is 0.289. The minimum atomic E-state index is -0.720. The number of aromatic nitrogens is 1. The van der Waals surface area contributed by atoms with Crippen LogP contribution in [0.4, 0.5) is 13.9 Å². The highest BCUT2D eigenvalue weighted by Gasteiger charge is 2.05. The number of hydrogen-bond donors (Lipinski definition) is 1. The summed E-state index contributed by atoms with van der Waals surface area (Å²) in [5.41, 5.74) is 6.64. The zero-order chi connectivity index (χ0) is 20.8. The maximum atomic E-state index is 13.6. The van der Waals surface area contributed by atoms with Gasteiger partial charge in [0.15, 0.2) is 11.6 Å². The number of nitrogens with one attached hydrogen (secondary N) is 1. The van der Waals surface area contributed by atoms with Crippen molar-refractivity contribution in [2.75, 3.05) is 5.43 Å². The molecule has 0 saturated carbocycles. The van der Waals surface area contributed by atoms with Gasteiger partial charge in [-0.1, -0.05) is 54.6 Å². The average molecular weight is 421 g/mol. The highest BCUT2D eigenvalue weighted by molar-refractivity contribution is 7.14. The standard InChI is InChI=1S/C23H17F2N3OS/c24-19-10-11-22(20(25)12-19)29-14-17-8-6-16(7-9-17)13-26-28-23-27-21(15-30-23)18-4-2-1-3-5-18/h1-13,15H,14H2,(H,27,28). The van der Waals surface area contributed by atoms with Crippen molar-refractivity contribution >= 4 is 22.7 Å². The molecule has 3 aromatic carbocycles. The van der Waals surface area contributed by atoms with Crippen LogP contribution in [-0.2, 0) is 6.61 Å². The summed E-state index contributed by atoms with van der Waals surface area (Å²) in [7, 11) is 0. The molecule has 0 unspecified atom stereocenters. The average Bonchev–Trinajstić information content (AvgIpc) is 3.24. The Balaban J connectivity index is 1.31. The summed E-state index contributed by atoms with van der Waals surface area (Å²) in [5, 5.41) is 6.90. The van der Waals surface area contributed by atoms with E-state index in [2.05, 4.69) is 15.5 Å². The third kappa shape index (κ3) is 5.07. The molecule has 0 amide bonds. The van der Waals surface area contributed by atoms with Gasteiger partial charge < -0.3 is 4.74 Å². The van der Waals surface area contributed by atoms with E-state index in [4.69, 9.17) is 4.74 Å². The number of hydrogen-bond acceptors (Lipinski definition) is 5. The monoisotopic (exact) mass is 421 g/mol. The molecule has 1 aromatic heterocycles. The summed E-state index contributed by atoms with van der Waals surface area (Å²) in [6, 6.07) is 20.7. The Hall–Kier alpha value is -3.58. The third-order valence-corrected chi connectivity index (χ3v) is 4.96. The van der Waals surface area contributed by atoms with Crippen molar-refractivity contribution in [2.45, 2.75) is 6.61 Å². The first-order valence-electron chi connectivity index (χ1n) is 9.14. The first kappa shape index (κ1) is 19.7. The van der Waals surface area contributed by atoms with Crippen molar-refractivity contribution in [2.24, 2.45) is 5.10 Å². The van der Waals surface area contributed by atoms with Crippen LogP contribution >= 0.6 is 11.3 Å². The zero-order valence-electron chi connectivity index (χ0n) is 15.8. The van der Waals surface area contributed by atoms with E-state index in [1.54, 1.807) is 6.21 Å². The van der Waals surface area contributed by atoms with Crippen LogP contribution in [0.25, 0.3) is 11.3 Å². The molecule has 0 aliphatic rings. The lowest BCUT2D eigenvalue weighted by Crippen LogP contribution is -1.98. The number of anilines is 1. The molecule has 30 heavy (non-hydrogen) atoms. The Kier molecular flexibility index (Phi) is 6.10. The van der Waals surface area contributed by atoms with Crippen LogP contribution in [-0.4, -0.2) is 11.2 Å². The number of ether oxygens (including phenoxy) is 1. The summed E-state index contributed by atoms with van der Waals surface area (Å²) in [6.45, 7) is 0.180. The van der Waals surface area contributed by atoms with Gasteiger partial charge in [0, 0.05) is 17.0 Å². The van der Waals surface area contributed by atoms with Gasteiger partial charge in [-0.2, -0.15) is 5.10 Å². The second-order valence-electron chi connectivity index (χ2n) is 6.38. The summed E-state index contributed by atoms with van der Waals surface area (Å²) < 4.78 is 31.9. The molecule has 1 heterocycles. The van der Waals surface area contributed by atoms with Gasteiger partial charge in [-0.3, -0.25) is 5.43 Å². The molecule has 0 saturated heterocycles. The number of benzene rings is 3. The highest BCUT2D eigenvalue weighted by atomic mass is 32.1. The van der Waals surface area contributed by atoms with Crippen LogP contribution in [0.2, 0.25) is 0 Å². The molecule has 0 radical (unpaired) electrons. The fraction of sp³-hybridized carbons (Fsp3) is 0.0435. The minimum Gasteiger partial charge on any atom is -0.486 e. The van der Waals surface area contributed by atoms with Crippen molar-refractivity contribution < 1.29 is 13.5 Å².